The molecule has 0 aliphatic heterocycles. The second-order valence-electron chi connectivity index (χ2n) is 4.30. The van der Waals surface area contributed by atoms with Crippen LogP contribution in [0.4, 0.5) is 0 Å². The zero-order chi connectivity index (χ0) is 11.0. The van der Waals surface area contributed by atoms with E-state index in [9.17, 15) is 0 Å². The maximum Gasteiger partial charge on any atom is -0.00818 e. The van der Waals surface area contributed by atoms with Crippen LogP contribution in [0, 0.1) is 6.92 Å². The first-order chi connectivity index (χ1) is 7.86. The lowest BCUT2D eigenvalue weighted by Gasteiger charge is -2.09. The summed E-state index contributed by atoms with van der Waals surface area (Å²) in [4.78, 5) is 0. The van der Waals surface area contributed by atoms with E-state index in [2.05, 4.69) is 61.5 Å². The van der Waals surface area contributed by atoms with E-state index in [0.717, 1.165) is 6.42 Å². The molecule has 0 radical (unpaired) electrons. The molecule has 16 heavy (non-hydrogen) atoms. The third-order valence-electron chi connectivity index (χ3n) is 3.24. The molecule has 2 aromatic carbocycles. The fraction of sp³-hybridized carbons (Fsp3) is 0.125. The van der Waals surface area contributed by atoms with E-state index < -0.39 is 0 Å². The van der Waals surface area contributed by atoms with Gasteiger partial charge in [-0.3, -0.25) is 0 Å². The summed E-state index contributed by atoms with van der Waals surface area (Å²) in [6.07, 6.45) is 3.41. The molecular formula is C16H14. The Balaban J connectivity index is 2.16. The van der Waals surface area contributed by atoms with Crippen molar-refractivity contribution in [1.82, 2.24) is 0 Å². The fourth-order valence-corrected chi connectivity index (χ4v) is 2.48. The number of rotatable bonds is 1. The van der Waals surface area contributed by atoms with Crippen molar-refractivity contribution >= 4 is 5.57 Å². The second-order valence-corrected chi connectivity index (χ2v) is 4.30. The predicted molar refractivity (Wildman–Crippen MR) is 68.4 cm³/mol. The summed E-state index contributed by atoms with van der Waals surface area (Å²) in [5.74, 6) is 0. The van der Waals surface area contributed by atoms with Crippen molar-refractivity contribution < 1.29 is 0 Å². The van der Waals surface area contributed by atoms with Crippen LogP contribution in [0.15, 0.2) is 54.6 Å². The molecule has 0 amide bonds. The maximum atomic E-state index is 2.34. The van der Waals surface area contributed by atoms with Gasteiger partial charge in [0.05, 0.1) is 0 Å². The number of hydrogen-bond acceptors (Lipinski definition) is 0. The second kappa shape index (κ2) is 3.64. The molecule has 1 aliphatic carbocycles. The fourth-order valence-electron chi connectivity index (χ4n) is 2.48. The van der Waals surface area contributed by atoms with Crippen LogP contribution in [0.2, 0.25) is 0 Å². The van der Waals surface area contributed by atoms with Crippen molar-refractivity contribution in [1.29, 1.82) is 0 Å². The van der Waals surface area contributed by atoms with Crippen molar-refractivity contribution in [3.05, 3.63) is 76.9 Å². The Labute approximate surface area is 96.3 Å². The average Bonchev–Trinajstić information content (AvgIpc) is 2.75. The molecule has 0 bridgehead atoms. The monoisotopic (exact) mass is 206 g/mol. The molecule has 78 valence electrons. The number of aryl methyl sites for hydroxylation is 1. The third kappa shape index (κ3) is 1.38. The molecule has 0 saturated carbocycles. The van der Waals surface area contributed by atoms with E-state index in [4.69, 9.17) is 0 Å². The molecule has 3 rings (SSSR count). The van der Waals surface area contributed by atoms with Gasteiger partial charge in [-0.2, -0.15) is 0 Å². The zero-order valence-corrected chi connectivity index (χ0v) is 9.40. The van der Waals surface area contributed by atoms with Gasteiger partial charge in [-0.25, -0.2) is 0 Å². The summed E-state index contributed by atoms with van der Waals surface area (Å²) in [7, 11) is 0. The highest BCUT2D eigenvalue weighted by molar-refractivity contribution is 5.86. The Morgan fingerprint density at radius 2 is 1.69 bits per heavy atom. The summed E-state index contributed by atoms with van der Waals surface area (Å²) in [6.45, 7) is 2.20. The Kier molecular flexibility index (Phi) is 2.14. The molecule has 2 aromatic rings. The predicted octanol–water partition coefficient (Wildman–Crippen LogP) is 3.98. The van der Waals surface area contributed by atoms with Gasteiger partial charge in [0.1, 0.15) is 0 Å². The van der Waals surface area contributed by atoms with E-state index in [0.29, 0.717) is 0 Å². The minimum atomic E-state index is 1.07. The van der Waals surface area contributed by atoms with Crippen LogP contribution in [0.5, 0.6) is 0 Å². The van der Waals surface area contributed by atoms with Crippen molar-refractivity contribution in [3.63, 3.8) is 0 Å². The van der Waals surface area contributed by atoms with Crippen LogP contribution < -0.4 is 0 Å². The quantitative estimate of drug-likeness (QED) is 0.662. The molecule has 0 aromatic heterocycles. The Hall–Kier alpha value is -1.82. The highest BCUT2D eigenvalue weighted by atomic mass is 14.2. The zero-order valence-electron chi connectivity index (χ0n) is 9.40. The van der Waals surface area contributed by atoms with Gasteiger partial charge in [-0.1, -0.05) is 54.6 Å². The number of allylic oxidation sites excluding steroid dienone is 1. The van der Waals surface area contributed by atoms with Gasteiger partial charge in [0.2, 0.25) is 0 Å². The summed E-state index contributed by atoms with van der Waals surface area (Å²) in [5.41, 5.74) is 7.00. The van der Waals surface area contributed by atoms with Crippen molar-refractivity contribution in [3.8, 4) is 0 Å². The highest BCUT2D eigenvalue weighted by Gasteiger charge is 2.16. The van der Waals surface area contributed by atoms with E-state index >= 15 is 0 Å². The average molecular weight is 206 g/mol. The van der Waals surface area contributed by atoms with E-state index in [1.807, 2.05) is 0 Å². The van der Waals surface area contributed by atoms with E-state index in [-0.39, 0.29) is 0 Å². The normalized spacial score (nSPS) is 13.4. The van der Waals surface area contributed by atoms with Crippen LogP contribution in [0.3, 0.4) is 0 Å². The van der Waals surface area contributed by atoms with Gasteiger partial charge in [-0.15, -0.1) is 0 Å². The third-order valence-corrected chi connectivity index (χ3v) is 3.24. The summed E-state index contributed by atoms with van der Waals surface area (Å²) < 4.78 is 0. The number of benzene rings is 2. The van der Waals surface area contributed by atoms with Gasteiger partial charge in [0.15, 0.2) is 0 Å². The molecule has 0 nitrogen and oxygen atoms in total. The van der Waals surface area contributed by atoms with Crippen molar-refractivity contribution in [2.45, 2.75) is 13.3 Å². The molecule has 0 heteroatoms. The highest BCUT2D eigenvalue weighted by Crippen LogP contribution is 2.34. The van der Waals surface area contributed by atoms with Crippen molar-refractivity contribution in [2.75, 3.05) is 0 Å². The Morgan fingerprint density at radius 1 is 0.875 bits per heavy atom. The summed E-state index contributed by atoms with van der Waals surface area (Å²) in [5, 5.41) is 0. The molecule has 1 aliphatic rings. The number of fused-ring (bicyclic) bond motifs is 1. The van der Waals surface area contributed by atoms with Gasteiger partial charge < -0.3 is 0 Å². The molecule has 0 N–H and O–H groups in total. The van der Waals surface area contributed by atoms with Crippen LogP contribution in [0.1, 0.15) is 22.3 Å². The van der Waals surface area contributed by atoms with Gasteiger partial charge >= 0.3 is 0 Å². The van der Waals surface area contributed by atoms with Gasteiger partial charge in [0.25, 0.3) is 0 Å². The SMILES string of the molecule is Cc1cccc2c1C(c1ccccc1)=CC2. The summed E-state index contributed by atoms with van der Waals surface area (Å²) >= 11 is 0. The summed E-state index contributed by atoms with van der Waals surface area (Å²) in [6, 6.07) is 17.2. The van der Waals surface area contributed by atoms with Crippen molar-refractivity contribution in [2.24, 2.45) is 0 Å². The smallest absolute Gasteiger partial charge is 0.00818 e. The molecular weight excluding hydrogens is 192 g/mol. The van der Waals surface area contributed by atoms with E-state index in [1.54, 1.807) is 0 Å². The molecule has 0 fully saturated rings. The van der Waals surface area contributed by atoms with Gasteiger partial charge in [-0.05, 0) is 41.2 Å². The largest absolute Gasteiger partial charge is 0.0716 e. The molecule has 0 saturated heterocycles. The lowest BCUT2D eigenvalue weighted by molar-refractivity contribution is 1.28. The van der Waals surface area contributed by atoms with Gasteiger partial charge in [0, 0.05) is 0 Å². The Bertz CT molecular complexity index is 548. The Morgan fingerprint density at radius 3 is 2.50 bits per heavy atom. The number of hydrogen-bond donors (Lipinski definition) is 0. The van der Waals surface area contributed by atoms with Crippen LogP contribution in [-0.4, -0.2) is 0 Å². The first kappa shape index (κ1) is 9.41. The van der Waals surface area contributed by atoms with Crippen LogP contribution in [0.25, 0.3) is 5.57 Å². The lowest BCUT2D eigenvalue weighted by Crippen LogP contribution is -1.90. The van der Waals surface area contributed by atoms with Crippen LogP contribution >= 0.6 is 0 Å². The van der Waals surface area contributed by atoms with E-state index in [1.165, 1.54) is 27.8 Å². The van der Waals surface area contributed by atoms with Crippen LogP contribution in [-0.2, 0) is 6.42 Å². The molecule has 0 unspecified atom stereocenters. The minimum Gasteiger partial charge on any atom is -0.0716 e. The maximum absolute atomic E-state index is 2.34. The first-order valence-electron chi connectivity index (χ1n) is 5.71. The topological polar surface area (TPSA) is 0 Å². The molecule has 0 heterocycles. The minimum absolute atomic E-state index is 1.07. The standard InChI is InChI=1S/C16H14/c1-12-6-5-9-14-10-11-15(16(12)14)13-7-3-2-4-8-13/h2-9,11H,10H2,1H3. The first-order valence-corrected chi connectivity index (χ1v) is 5.71. The lowest BCUT2D eigenvalue weighted by atomic mass is 9.95. The molecule has 0 spiro atoms. The molecule has 0 atom stereocenters.